The van der Waals surface area contributed by atoms with E-state index in [-0.39, 0.29) is 0 Å². The smallest absolute Gasteiger partial charge is 0.299 e. The molecule has 1 rings (SSSR count). The molecule has 0 saturated carbocycles. The number of hydrogen-bond acceptors (Lipinski definition) is 4. The van der Waals surface area contributed by atoms with Gasteiger partial charge in [0.25, 0.3) is 10.2 Å². The number of aromatic nitrogens is 1. The lowest BCUT2D eigenvalue weighted by molar-refractivity contribution is 0.398. The Bertz CT molecular complexity index is 416. The third-order valence-electron chi connectivity index (χ3n) is 1.74. The van der Waals surface area contributed by atoms with Gasteiger partial charge in [0, 0.05) is 12.6 Å². The Hall–Kier alpha value is -1.34. The Morgan fingerprint density at radius 2 is 2.19 bits per heavy atom. The van der Waals surface area contributed by atoms with Gasteiger partial charge in [0.2, 0.25) is 5.88 Å². The molecule has 1 aromatic rings. The maximum atomic E-state index is 11.4. The van der Waals surface area contributed by atoms with Crippen LogP contribution in [0.15, 0.2) is 18.3 Å². The monoisotopic (exact) mass is 245 g/mol. The van der Waals surface area contributed by atoms with Crippen LogP contribution in [0.1, 0.15) is 13.3 Å². The molecule has 0 aliphatic rings. The summed E-state index contributed by atoms with van der Waals surface area (Å²) < 4.78 is 32.5. The minimum Gasteiger partial charge on any atom is -0.481 e. The fourth-order valence-corrected chi connectivity index (χ4v) is 1.97. The van der Waals surface area contributed by atoms with Crippen molar-refractivity contribution >= 4 is 15.9 Å². The first-order valence-electron chi connectivity index (χ1n) is 4.85. The van der Waals surface area contributed by atoms with Crippen molar-refractivity contribution in [3.63, 3.8) is 0 Å². The van der Waals surface area contributed by atoms with Crippen LogP contribution in [0, 0.1) is 0 Å². The van der Waals surface area contributed by atoms with Crippen LogP contribution in [0.2, 0.25) is 0 Å². The molecule has 90 valence electrons. The maximum Gasteiger partial charge on any atom is 0.299 e. The number of pyridine rings is 1. The molecule has 0 atom stereocenters. The van der Waals surface area contributed by atoms with Gasteiger partial charge in [0.1, 0.15) is 0 Å². The van der Waals surface area contributed by atoms with E-state index in [0.717, 1.165) is 6.42 Å². The van der Waals surface area contributed by atoms with Crippen LogP contribution in [0.3, 0.4) is 0 Å². The van der Waals surface area contributed by atoms with E-state index in [9.17, 15) is 8.42 Å². The van der Waals surface area contributed by atoms with Gasteiger partial charge in [-0.05, 0) is 12.5 Å². The predicted octanol–water partition coefficient (Wildman–Crippen LogP) is 0.746. The summed E-state index contributed by atoms with van der Waals surface area (Å²) in [5.74, 6) is 0.435. The molecular weight excluding hydrogens is 230 g/mol. The van der Waals surface area contributed by atoms with Gasteiger partial charge in [0.05, 0.1) is 19.0 Å². The first kappa shape index (κ1) is 12.7. The average molecular weight is 245 g/mol. The second kappa shape index (κ2) is 5.66. The fraction of sp³-hybridized carbons (Fsp3) is 0.444. The van der Waals surface area contributed by atoms with E-state index in [2.05, 4.69) is 14.4 Å². The van der Waals surface area contributed by atoms with Gasteiger partial charge in [-0.25, -0.2) is 4.98 Å². The molecule has 0 aliphatic carbocycles. The van der Waals surface area contributed by atoms with Crippen molar-refractivity contribution in [2.75, 3.05) is 18.4 Å². The van der Waals surface area contributed by atoms with Crippen molar-refractivity contribution in [1.29, 1.82) is 0 Å². The Kier molecular flexibility index (Phi) is 4.51. The molecule has 0 saturated heterocycles. The Morgan fingerprint density at radius 3 is 2.69 bits per heavy atom. The van der Waals surface area contributed by atoms with Crippen LogP contribution in [-0.2, 0) is 10.2 Å². The van der Waals surface area contributed by atoms with Gasteiger partial charge in [0.15, 0.2) is 0 Å². The van der Waals surface area contributed by atoms with Crippen molar-refractivity contribution in [1.82, 2.24) is 9.71 Å². The summed E-state index contributed by atoms with van der Waals surface area (Å²) in [7, 11) is -2.00. The van der Waals surface area contributed by atoms with Gasteiger partial charge in [-0.15, -0.1) is 0 Å². The van der Waals surface area contributed by atoms with Crippen molar-refractivity contribution in [3.8, 4) is 5.88 Å². The Labute approximate surface area is 95.2 Å². The zero-order valence-electron chi connectivity index (χ0n) is 9.23. The summed E-state index contributed by atoms with van der Waals surface area (Å²) >= 11 is 0. The molecular formula is C9H15N3O3S. The lowest BCUT2D eigenvalue weighted by atomic mass is 10.4. The lowest BCUT2D eigenvalue weighted by Gasteiger charge is -2.08. The second-order valence-electron chi connectivity index (χ2n) is 3.09. The molecule has 2 N–H and O–H groups in total. The SMILES string of the molecule is CCCNS(=O)(=O)Nc1ccc(OC)nc1. The molecule has 1 aromatic heterocycles. The quantitative estimate of drug-likeness (QED) is 0.775. The van der Waals surface area contributed by atoms with Crippen LogP contribution in [0.5, 0.6) is 5.88 Å². The topological polar surface area (TPSA) is 80.3 Å². The van der Waals surface area contributed by atoms with E-state index < -0.39 is 10.2 Å². The van der Waals surface area contributed by atoms with Crippen LogP contribution in [-0.4, -0.2) is 27.1 Å². The third kappa shape index (κ3) is 4.03. The molecule has 7 heteroatoms. The summed E-state index contributed by atoms with van der Waals surface area (Å²) in [4.78, 5) is 3.88. The maximum absolute atomic E-state index is 11.4. The van der Waals surface area contributed by atoms with Crippen LogP contribution in [0.25, 0.3) is 0 Å². The number of anilines is 1. The van der Waals surface area contributed by atoms with Crippen LogP contribution >= 0.6 is 0 Å². The fourth-order valence-electron chi connectivity index (χ4n) is 0.989. The third-order valence-corrected chi connectivity index (χ3v) is 2.83. The molecule has 6 nitrogen and oxygen atoms in total. The molecule has 16 heavy (non-hydrogen) atoms. The highest BCUT2D eigenvalue weighted by atomic mass is 32.2. The first-order chi connectivity index (χ1) is 7.57. The Balaban J connectivity index is 2.65. The molecule has 0 aliphatic heterocycles. The summed E-state index contributed by atoms with van der Waals surface area (Å²) in [6.45, 7) is 2.29. The van der Waals surface area contributed by atoms with E-state index in [0.29, 0.717) is 18.1 Å². The standard InChI is InChI=1S/C9H15N3O3S/c1-3-6-11-16(13,14)12-8-4-5-9(15-2)10-7-8/h4-5,7,11-12H,3,6H2,1-2H3. The zero-order chi connectivity index (χ0) is 12.0. The zero-order valence-corrected chi connectivity index (χ0v) is 10.0. The summed E-state index contributed by atoms with van der Waals surface area (Å²) in [5, 5.41) is 0. The number of rotatable bonds is 6. The van der Waals surface area contributed by atoms with E-state index in [1.165, 1.54) is 13.3 Å². The molecule has 0 aromatic carbocycles. The molecule has 0 unspecified atom stereocenters. The van der Waals surface area contributed by atoms with Gasteiger partial charge < -0.3 is 4.74 Å². The van der Waals surface area contributed by atoms with E-state index in [1.807, 2.05) is 6.92 Å². The second-order valence-corrected chi connectivity index (χ2v) is 4.59. The van der Waals surface area contributed by atoms with Crippen molar-refractivity contribution < 1.29 is 13.2 Å². The molecule has 0 bridgehead atoms. The van der Waals surface area contributed by atoms with Crippen molar-refractivity contribution in [2.24, 2.45) is 0 Å². The highest BCUT2D eigenvalue weighted by Gasteiger charge is 2.08. The average Bonchev–Trinajstić information content (AvgIpc) is 2.27. The highest BCUT2D eigenvalue weighted by molar-refractivity contribution is 7.90. The van der Waals surface area contributed by atoms with Crippen molar-refractivity contribution in [3.05, 3.63) is 18.3 Å². The van der Waals surface area contributed by atoms with Gasteiger partial charge >= 0.3 is 0 Å². The largest absolute Gasteiger partial charge is 0.481 e. The summed E-state index contributed by atoms with van der Waals surface area (Å²) in [5.41, 5.74) is 0.393. The van der Waals surface area contributed by atoms with Crippen LogP contribution in [0.4, 0.5) is 5.69 Å². The predicted molar refractivity (Wildman–Crippen MR) is 61.6 cm³/mol. The van der Waals surface area contributed by atoms with Gasteiger partial charge in [-0.2, -0.15) is 13.1 Å². The molecule has 0 radical (unpaired) electrons. The highest BCUT2D eigenvalue weighted by Crippen LogP contribution is 2.11. The van der Waals surface area contributed by atoms with E-state index in [4.69, 9.17) is 4.74 Å². The molecule has 1 heterocycles. The van der Waals surface area contributed by atoms with Crippen molar-refractivity contribution in [2.45, 2.75) is 13.3 Å². The van der Waals surface area contributed by atoms with E-state index in [1.54, 1.807) is 12.1 Å². The minimum absolute atomic E-state index is 0.393. The number of hydrogen-bond donors (Lipinski definition) is 2. The number of methoxy groups -OCH3 is 1. The Morgan fingerprint density at radius 1 is 1.44 bits per heavy atom. The minimum atomic E-state index is -3.50. The van der Waals surface area contributed by atoms with E-state index >= 15 is 0 Å². The molecule has 0 spiro atoms. The number of nitrogens with one attached hydrogen (secondary N) is 2. The van der Waals surface area contributed by atoms with Gasteiger partial charge in [-0.3, -0.25) is 4.72 Å². The van der Waals surface area contributed by atoms with Gasteiger partial charge in [-0.1, -0.05) is 6.92 Å². The number of ether oxygens (including phenoxy) is 1. The molecule has 0 fully saturated rings. The molecule has 0 amide bonds. The summed E-state index contributed by atoms with van der Waals surface area (Å²) in [6, 6.07) is 3.16. The first-order valence-corrected chi connectivity index (χ1v) is 6.33. The van der Waals surface area contributed by atoms with Crippen LogP contribution < -0.4 is 14.2 Å². The lowest BCUT2D eigenvalue weighted by Crippen LogP contribution is -2.30. The normalized spacial score (nSPS) is 11.1. The summed E-state index contributed by atoms with van der Waals surface area (Å²) in [6.07, 6.45) is 2.13. The number of nitrogens with zero attached hydrogens (tertiary/aromatic N) is 1.